The molecule has 1 aliphatic rings. The fourth-order valence-electron chi connectivity index (χ4n) is 2.73. The molecular weight excluding hydrogens is 226 g/mol. The van der Waals surface area contributed by atoms with Crippen molar-refractivity contribution >= 4 is 0 Å². The van der Waals surface area contributed by atoms with Gasteiger partial charge in [-0.05, 0) is 25.3 Å². The zero-order chi connectivity index (χ0) is 12.4. The molecule has 1 heterocycles. The summed E-state index contributed by atoms with van der Waals surface area (Å²) < 4.78 is 5.42. The zero-order valence-electron chi connectivity index (χ0n) is 10.2. The van der Waals surface area contributed by atoms with Crippen LogP contribution in [0.3, 0.4) is 0 Å². The van der Waals surface area contributed by atoms with Gasteiger partial charge >= 0.3 is 0 Å². The van der Waals surface area contributed by atoms with E-state index in [0.29, 0.717) is 24.2 Å². The summed E-state index contributed by atoms with van der Waals surface area (Å²) in [5.74, 6) is 2.27. The van der Waals surface area contributed by atoms with Crippen molar-refractivity contribution in [3.05, 3.63) is 36.2 Å². The van der Waals surface area contributed by atoms with Crippen LogP contribution in [0.5, 0.6) is 0 Å². The Morgan fingerprint density at radius 1 is 1.22 bits per heavy atom. The minimum absolute atomic E-state index is 0.347. The summed E-state index contributed by atoms with van der Waals surface area (Å²) in [6.45, 7) is 0.702. The van der Waals surface area contributed by atoms with E-state index in [4.69, 9.17) is 10.3 Å². The van der Waals surface area contributed by atoms with Gasteiger partial charge < -0.3 is 10.3 Å². The third kappa shape index (κ3) is 2.04. The quantitative estimate of drug-likeness (QED) is 0.899. The molecule has 2 aromatic rings. The first-order chi connectivity index (χ1) is 8.88. The van der Waals surface area contributed by atoms with Crippen molar-refractivity contribution in [2.75, 3.05) is 6.54 Å². The molecule has 18 heavy (non-hydrogen) atoms. The van der Waals surface area contributed by atoms with Crippen molar-refractivity contribution in [2.24, 2.45) is 11.7 Å². The molecule has 2 unspecified atom stereocenters. The van der Waals surface area contributed by atoms with Gasteiger partial charge in [-0.3, -0.25) is 0 Å². The Balaban J connectivity index is 1.86. The van der Waals surface area contributed by atoms with Crippen molar-refractivity contribution in [3.8, 4) is 11.4 Å². The summed E-state index contributed by atoms with van der Waals surface area (Å²) in [7, 11) is 0. The highest BCUT2D eigenvalue weighted by Crippen LogP contribution is 2.38. The van der Waals surface area contributed by atoms with Gasteiger partial charge in [0.15, 0.2) is 0 Å². The van der Waals surface area contributed by atoms with Crippen molar-refractivity contribution in [2.45, 2.75) is 25.2 Å². The Hall–Kier alpha value is -1.68. The van der Waals surface area contributed by atoms with Gasteiger partial charge in [0.2, 0.25) is 11.7 Å². The Morgan fingerprint density at radius 3 is 2.83 bits per heavy atom. The molecule has 4 nitrogen and oxygen atoms in total. The highest BCUT2D eigenvalue weighted by Gasteiger charge is 2.31. The number of nitrogens with zero attached hydrogens (tertiary/aromatic N) is 2. The molecule has 1 aliphatic carbocycles. The van der Waals surface area contributed by atoms with Crippen molar-refractivity contribution in [1.82, 2.24) is 10.1 Å². The average molecular weight is 243 g/mol. The van der Waals surface area contributed by atoms with Crippen LogP contribution in [0, 0.1) is 5.92 Å². The Bertz CT molecular complexity index is 509. The molecule has 0 spiro atoms. The number of aromatic nitrogens is 2. The van der Waals surface area contributed by atoms with Crippen molar-refractivity contribution in [1.29, 1.82) is 0 Å². The molecule has 2 N–H and O–H groups in total. The van der Waals surface area contributed by atoms with Crippen LogP contribution in [0.1, 0.15) is 31.1 Å². The highest BCUT2D eigenvalue weighted by molar-refractivity contribution is 5.53. The summed E-state index contributed by atoms with van der Waals surface area (Å²) in [5, 5.41) is 4.07. The molecule has 0 aliphatic heterocycles. The molecule has 1 saturated carbocycles. The molecule has 1 aromatic heterocycles. The molecule has 0 bridgehead atoms. The van der Waals surface area contributed by atoms with Gasteiger partial charge in [-0.2, -0.15) is 4.98 Å². The largest absolute Gasteiger partial charge is 0.339 e. The lowest BCUT2D eigenvalue weighted by Gasteiger charge is -2.12. The SMILES string of the molecule is NCC1CCCC1c1nc(-c2ccccc2)no1. The highest BCUT2D eigenvalue weighted by atomic mass is 16.5. The predicted molar refractivity (Wildman–Crippen MR) is 68.9 cm³/mol. The lowest BCUT2D eigenvalue weighted by Crippen LogP contribution is -2.17. The zero-order valence-corrected chi connectivity index (χ0v) is 10.2. The van der Waals surface area contributed by atoms with Gasteiger partial charge in [0.05, 0.1) is 0 Å². The Morgan fingerprint density at radius 2 is 2.06 bits per heavy atom. The van der Waals surface area contributed by atoms with Gasteiger partial charge in [0.25, 0.3) is 0 Å². The van der Waals surface area contributed by atoms with E-state index in [1.54, 1.807) is 0 Å². The van der Waals surface area contributed by atoms with E-state index in [1.165, 1.54) is 12.8 Å². The van der Waals surface area contributed by atoms with Crippen LogP contribution < -0.4 is 5.73 Å². The Labute approximate surface area is 106 Å². The van der Waals surface area contributed by atoms with Crippen LogP contribution in [0.25, 0.3) is 11.4 Å². The summed E-state index contributed by atoms with van der Waals surface area (Å²) in [4.78, 5) is 4.53. The van der Waals surface area contributed by atoms with Gasteiger partial charge in [0.1, 0.15) is 0 Å². The first-order valence-electron chi connectivity index (χ1n) is 6.47. The van der Waals surface area contributed by atoms with Crippen LogP contribution in [0.4, 0.5) is 0 Å². The van der Waals surface area contributed by atoms with Crippen LogP contribution >= 0.6 is 0 Å². The normalized spacial score (nSPS) is 23.4. The Kier molecular flexibility index (Phi) is 3.11. The van der Waals surface area contributed by atoms with Crippen molar-refractivity contribution in [3.63, 3.8) is 0 Å². The fourth-order valence-corrected chi connectivity index (χ4v) is 2.73. The van der Waals surface area contributed by atoms with E-state index in [1.807, 2.05) is 30.3 Å². The van der Waals surface area contributed by atoms with E-state index in [2.05, 4.69) is 10.1 Å². The topological polar surface area (TPSA) is 64.9 Å². The van der Waals surface area contributed by atoms with E-state index in [0.717, 1.165) is 17.9 Å². The van der Waals surface area contributed by atoms with Gasteiger partial charge in [-0.15, -0.1) is 0 Å². The smallest absolute Gasteiger partial charge is 0.230 e. The number of rotatable bonds is 3. The number of nitrogens with two attached hydrogens (primary N) is 1. The molecular formula is C14H17N3O. The summed E-state index contributed by atoms with van der Waals surface area (Å²) in [6.07, 6.45) is 3.48. The second kappa shape index (κ2) is 4.90. The summed E-state index contributed by atoms with van der Waals surface area (Å²) >= 11 is 0. The van der Waals surface area contributed by atoms with E-state index in [-0.39, 0.29) is 0 Å². The molecule has 0 amide bonds. The third-order valence-electron chi connectivity index (χ3n) is 3.75. The van der Waals surface area contributed by atoms with Gasteiger partial charge in [-0.1, -0.05) is 41.9 Å². The maximum absolute atomic E-state index is 5.79. The second-order valence-corrected chi connectivity index (χ2v) is 4.86. The molecule has 3 rings (SSSR count). The molecule has 1 fully saturated rings. The molecule has 2 atom stereocenters. The third-order valence-corrected chi connectivity index (χ3v) is 3.75. The lowest BCUT2D eigenvalue weighted by molar-refractivity contribution is 0.326. The second-order valence-electron chi connectivity index (χ2n) is 4.86. The maximum Gasteiger partial charge on any atom is 0.230 e. The summed E-state index contributed by atoms with van der Waals surface area (Å²) in [5.41, 5.74) is 6.78. The molecule has 0 saturated heterocycles. The molecule has 4 heteroatoms. The van der Waals surface area contributed by atoms with Gasteiger partial charge in [0, 0.05) is 11.5 Å². The molecule has 94 valence electrons. The summed E-state index contributed by atoms with van der Waals surface area (Å²) in [6, 6.07) is 9.91. The maximum atomic E-state index is 5.79. The minimum Gasteiger partial charge on any atom is -0.339 e. The van der Waals surface area contributed by atoms with Crippen LogP contribution in [0.2, 0.25) is 0 Å². The van der Waals surface area contributed by atoms with Crippen molar-refractivity contribution < 1.29 is 4.52 Å². The van der Waals surface area contributed by atoms with Crippen LogP contribution in [0.15, 0.2) is 34.9 Å². The monoisotopic (exact) mass is 243 g/mol. The lowest BCUT2D eigenvalue weighted by atomic mass is 9.96. The average Bonchev–Trinajstić information content (AvgIpc) is 3.08. The first kappa shape index (κ1) is 11.4. The standard InChI is InChI=1S/C14H17N3O/c15-9-11-7-4-8-12(11)14-16-13(17-18-14)10-5-2-1-3-6-10/h1-3,5-6,11-12H,4,7-9,15H2. The van der Waals surface area contributed by atoms with E-state index in [9.17, 15) is 0 Å². The first-order valence-corrected chi connectivity index (χ1v) is 6.47. The number of hydrogen-bond donors (Lipinski definition) is 1. The van der Waals surface area contributed by atoms with Crippen LogP contribution in [-0.4, -0.2) is 16.7 Å². The van der Waals surface area contributed by atoms with Gasteiger partial charge in [-0.25, -0.2) is 0 Å². The van der Waals surface area contributed by atoms with E-state index < -0.39 is 0 Å². The number of hydrogen-bond acceptors (Lipinski definition) is 4. The minimum atomic E-state index is 0.347. The predicted octanol–water partition coefficient (Wildman–Crippen LogP) is 2.58. The fraction of sp³-hybridized carbons (Fsp3) is 0.429. The van der Waals surface area contributed by atoms with E-state index >= 15 is 0 Å². The number of benzene rings is 1. The van der Waals surface area contributed by atoms with Crippen LogP contribution in [-0.2, 0) is 0 Å². The molecule has 1 aromatic carbocycles. The molecule has 0 radical (unpaired) electrons.